The van der Waals surface area contributed by atoms with Crippen molar-refractivity contribution in [2.24, 2.45) is 0 Å². The largest absolute Gasteiger partial charge is 0.497 e. The molecule has 4 heteroatoms. The first-order valence-electron chi connectivity index (χ1n) is 4.49. The van der Waals surface area contributed by atoms with Gasteiger partial charge in [-0.15, -0.1) is 0 Å². The van der Waals surface area contributed by atoms with E-state index in [0.717, 1.165) is 11.3 Å². The van der Waals surface area contributed by atoms with Crippen LogP contribution in [0.2, 0.25) is 0 Å². The van der Waals surface area contributed by atoms with Crippen molar-refractivity contribution in [3.63, 3.8) is 0 Å². The second kappa shape index (κ2) is 3.96. The number of nitrogens with zero attached hydrogens (tertiary/aromatic N) is 1. The number of aromatic nitrogens is 2. The van der Waals surface area contributed by atoms with Crippen LogP contribution in [-0.4, -0.2) is 17.3 Å². The summed E-state index contributed by atoms with van der Waals surface area (Å²) < 4.78 is 5.09. The van der Waals surface area contributed by atoms with Crippen LogP contribution >= 0.6 is 0 Å². The number of methoxy groups -OCH3 is 1. The lowest BCUT2D eigenvalue weighted by Gasteiger charge is -2.02. The summed E-state index contributed by atoms with van der Waals surface area (Å²) in [6.45, 7) is 0. The van der Waals surface area contributed by atoms with E-state index in [9.17, 15) is 4.79 Å². The smallest absolute Gasteiger partial charge is 0.272 e. The molecule has 1 aromatic carbocycles. The molecule has 0 fully saturated rings. The number of benzene rings is 1. The van der Waals surface area contributed by atoms with Gasteiger partial charge in [-0.25, -0.2) is 5.10 Å². The van der Waals surface area contributed by atoms with Crippen molar-refractivity contribution in [3.8, 4) is 16.9 Å². The number of hydrogen-bond donors (Lipinski definition) is 1. The van der Waals surface area contributed by atoms with Crippen molar-refractivity contribution < 1.29 is 4.74 Å². The Balaban J connectivity index is 2.54. The fourth-order valence-corrected chi connectivity index (χ4v) is 1.36. The molecule has 2 rings (SSSR count). The lowest BCUT2D eigenvalue weighted by Crippen LogP contribution is -2.09. The van der Waals surface area contributed by atoms with Gasteiger partial charge in [-0.05, 0) is 23.8 Å². The van der Waals surface area contributed by atoms with E-state index in [-0.39, 0.29) is 5.56 Å². The van der Waals surface area contributed by atoms with Crippen LogP contribution < -0.4 is 10.3 Å². The van der Waals surface area contributed by atoms with Crippen molar-refractivity contribution in [1.82, 2.24) is 10.2 Å². The summed E-state index contributed by atoms with van der Waals surface area (Å²) in [5, 5.41) is 6.03. The molecule has 1 aromatic heterocycles. The summed E-state index contributed by atoms with van der Waals surface area (Å²) in [5.74, 6) is 0.726. The second-order valence-electron chi connectivity index (χ2n) is 3.03. The molecule has 2 aromatic rings. The minimum atomic E-state index is -0.203. The second-order valence-corrected chi connectivity index (χ2v) is 3.03. The number of ether oxygens (including phenoxy) is 1. The van der Waals surface area contributed by atoms with Crippen LogP contribution in [0.1, 0.15) is 0 Å². The van der Waals surface area contributed by atoms with Crippen LogP contribution in [0.3, 0.4) is 0 Å². The summed E-state index contributed by atoms with van der Waals surface area (Å²) in [4.78, 5) is 11.5. The zero-order valence-electron chi connectivity index (χ0n) is 8.23. The average molecular weight is 202 g/mol. The van der Waals surface area contributed by atoms with Crippen LogP contribution in [-0.2, 0) is 0 Å². The molecule has 0 unspecified atom stereocenters. The third kappa shape index (κ3) is 1.88. The summed E-state index contributed by atoms with van der Waals surface area (Å²) in [5.41, 5.74) is 1.20. The van der Waals surface area contributed by atoms with E-state index >= 15 is 0 Å². The minimum absolute atomic E-state index is 0.203. The molecule has 0 aliphatic rings. The van der Waals surface area contributed by atoms with Crippen LogP contribution in [0, 0.1) is 0 Å². The van der Waals surface area contributed by atoms with Gasteiger partial charge >= 0.3 is 0 Å². The highest BCUT2D eigenvalue weighted by atomic mass is 16.5. The third-order valence-electron chi connectivity index (χ3n) is 2.11. The van der Waals surface area contributed by atoms with Crippen molar-refractivity contribution in [3.05, 3.63) is 46.9 Å². The van der Waals surface area contributed by atoms with Crippen LogP contribution in [0.5, 0.6) is 5.75 Å². The molecule has 0 amide bonds. The lowest BCUT2D eigenvalue weighted by atomic mass is 10.1. The molecule has 0 saturated carbocycles. The Morgan fingerprint density at radius 3 is 2.93 bits per heavy atom. The fourth-order valence-electron chi connectivity index (χ4n) is 1.36. The molecule has 0 aliphatic heterocycles. The first kappa shape index (κ1) is 9.45. The Morgan fingerprint density at radius 2 is 2.20 bits per heavy atom. The van der Waals surface area contributed by atoms with Gasteiger partial charge in [0.25, 0.3) is 5.56 Å². The van der Waals surface area contributed by atoms with Crippen LogP contribution in [0.4, 0.5) is 0 Å². The van der Waals surface area contributed by atoms with Gasteiger partial charge in [0.1, 0.15) is 5.75 Å². The van der Waals surface area contributed by atoms with Gasteiger partial charge < -0.3 is 4.74 Å². The molecule has 0 bridgehead atoms. The Bertz CT molecular complexity index is 520. The molecule has 0 spiro atoms. The maximum Gasteiger partial charge on any atom is 0.272 e. The highest BCUT2D eigenvalue weighted by molar-refractivity contribution is 5.63. The first-order valence-corrected chi connectivity index (χ1v) is 4.49. The Kier molecular flexibility index (Phi) is 2.49. The summed E-state index contributed by atoms with van der Waals surface area (Å²) >= 11 is 0. The molecule has 76 valence electrons. The Morgan fingerprint density at radius 1 is 1.33 bits per heavy atom. The molecule has 1 heterocycles. The predicted octanol–water partition coefficient (Wildman–Crippen LogP) is 1.45. The summed E-state index contributed by atoms with van der Waals surface area (Å²) in [6, 6.07) is 9.01. The van der Waals surface area contributed by atoms with Crippen molar-refractivity contribution in [2.45, 2.75) is 0 Å². The van der Waals surface area contributed by atoms with Crippen molar-refractivity contribution in [1.29, 1.82) is 0 Å². The van der Waals surface area contributed by atoms with E-state index in [0.29, 0.717) is 5.56 Å². The molecule has 4 nitrogen and oxygen atoms in total. The maximum atomic E-state index is 11.5. The van der Waals surface area contributed by atoms with E-state index in [2.05, 4.69) is 10.2 Å². The van der Waals surface area contributed by atoms with Gasteiger partial charge in [0.15, 0.2) is 0 Å². The molecule has 1 N–H and O–H groups in total. The molecule has 0 aliphatic carbocycles. The minimum Gasteiger partial charge on any atom is -0.497 e. The number of hydrogen-bond acceptors (Lipinski definition) is 3. The molecular weight excluding hydrogens is 192 g/mol. The van der Waals surface area contributed by atoms with Gasteiger partial charge in [0, 0.05) is 6.20 Å². The van der Waals surface area contributed by atoms with Crippen molar-refractivity contribution in [2.75, 3.05) is 7.11 Å². The highest BCUT2D eigenvalue weighted by Crippen LogP contribution is 2.20. The number of H-pyrrole nitrogens is 1. The van der Waals surface area contributed by atoms with E-state index in [1.165, 1.54) is 0 Å². The third-order valence-corrected chi connectivity index (χ3v) is 2.11. The number of rotatable bonds is 2. The molecule has 0 radical (unpaired) electrons. The van der Waals surface area contributed by atoms with E-state index in [1.54, 1.807) is 19.4 Å². The monoisotopic (exact) mass is 202 g/mol. The number of nitrogens with one attached hydrogen (secondary N) is 1. The zero-order chi connectivity index (χ0) is 10.7. The average Bonchev–Trinajstić information content (AvgIpc) is 2.30. The molecule has 0 atom stereocenters. The van der Waals surface area contributed by atoms with Gasteiger partial charge in [0.2, 0.25) is 0 Å². The molecule has 0 saturated heterocycles. The van der Waals surface area contributed by atoms with Crippen LogP contribution in [0.25, 0.3) is 11.1 Å². The van der Waals surface area contributed by atoms with Crippen molar-refractivity contribution >= 4 is 0 Å². The zero-order valence-corrected chi connectivity index (χ0v) is 8.23. The highest BCUT2D eigenvalue weighted by Gasteiger charge is 2.03. The first-order chi connectivity index (χ1) is 7.31. The topological polar surface area (TPSA) is 55.0 Å². The summed E-state index contributed by atoms with van der Waals surface area (Å²) in [7, 11) is 1.59. The van der Waals surface area contributed by atoms with E-state index < -0.39 is 0 Å². The van der Waals surface area contributed by atoms with Crippen LogP contribution in [0.15, 0.2) is 41.3 Å². The quantitative estimate of drug-likeness (QED) is 0.801. The Labute approximate surface area is 86.5 Å². The fraction of sp³-hybridized carbons (Fsp3) is 0.0909. The van der Waals surface area contributed by atoms with Gasteiger partial charge in [-0.1, -0.05) is 12.1 Å². The standard InChI is InChI=1S/C11H10N2O2/c1-15-9-4-2-3-8(7-9)10-5-6-12-13-11(10)14/h2-7H,1H3,(H,13,14). The SMILES string of the molecule is COc1cccc(-c2ccn[nH]c2=O)c1. The van der Waals surface area contributed by atoms with Gasteiger partial charge in [0.05, 0.1) is 12.7 Å². The summed E-state index contributed by atoms with van der Waals surface area (Å²) in [6.07, 6.45) is 1.55. The van der Waals surface area contributed by atoms with Gasteiger partial charge in [-0.3, -0.25) is 4.79 Å². The molecular formula is C11H10N2O2. The normalized spacial score (nSPS) is 9.93. The van der Waals surface area contributed by atoms with E-state index in [4.69, 9.17) is 4.74 Å². The predicted molar refractivity (Wildman–Crippen MR) is 56.8 cm³/mol. The number of aromatic amines is 1. The molecule has 15 heavy (non-hydrogen) atoms. The lowest BCUT2D eigenvalue weighted by molar-refractivity contribution is 0.415. The maximum absolute atomic E-state index is 11.5. The van der Waals surface area contributed by atoms with E-state index in [1.807, 2.05) is 24.3 Å². The van der Waals surface area contributed by atoms with Gasteiger partial charge in [-0.2, -0.15) is 5.10 Å². The Hall–Kier alpha value is -2.10.